The molecule has 0 aliphatic carbocycles. The van der Waals surface area contributed by atoms with Gasteiger partial charge in [-0.15, -0.1) is 0 Å². The van der Waals surface area contributed by atoms with Gasteiger partial charge >= 0.3 is 0 Å². The molecule has 0 spiro atoms. The van der Waals surface area contributed by atoms with Crippen LogP contribution in [-0.4, -0.2) is 24.9 Å². The summed E-state index contributed by atoms with van der Waals surface area (Å²) in [5.41, 5.74) is 7.21. The van der Waals surface area contributed by atoms with E-state index in [0.717, 1.165) is 45.0 Å². The minimum absolute atomic E-state index is 0.228. The van der Waals surface area contributed by atoms with Gasteiger partial charge in [-0.3, -0.25) is 4.79 Å². The standard InChI is InChI=1S/C33H26N4O/c1-36-29(25-19-11-5-12-20-25)27(23-15-7-3-8-16-23)34-32(36)31(38)33-35-28(24-17-9-4-10-18-24)30(37(33)2)26-21-13-6-14-22-26/h3-22H,1-2H3. The second-order valence-corrected chi connectivity index (χ2v) is 9.18. The lowest BCUT2D eigenvalue weighted by molar-refractivity contribution is 0.101. The van der Waals surface area contributed by atoms with Crippen molar-refractivity contribution in [1.82, 2.24) is 19.1 Å². The molecule has 0 saturated carbocycles. The van der Waals surface area contributed by atoms with Crippen molar-refractivity contribution in [3.05, 3.63) is 133 Å². The SMILES string of the molecule is Cn1c(C(=O)c2nc(-c3ccccc3)c(-c3ccccc3)n2C)nc(-c2ccccc2)c1-c1ccccc1. The average molecular weight is 495 g/mol. The van der Waals surface area contributed by atoms with Gasteiger partial charge in [-0.25, -0.2) is 9.97 Å². The van der Waals surface area contributed by atoms with Crippen molar-refractivity contribution >= 4 is 5.78 Å². The van der Waals surface area contributed by atoms with Crippen molar-refractivity contribution in [2.45, 2.75) is 0 Å². The molecular weight excluding hydrogens is 468 g/mol. The lowest BCUT2D eigenvalue weighted by Gasteiger charge is -2.09. The molecule has 5 nitrogen and oxygen atoms in total. The van der Waals surface area contributed by atoms with Crippen molar-refractivity contribution < 1.29 is 4.79 Å². The highest BCUT2D eigenvalue weighted by Gasteiger charge is 2.28. The van der Waals surface area contributed by atoms with Crippen molar-refractivity contribution in [3.8, 4) is 45.0 Å². The zero-order valence-electron chi connectivity index (χ0n) is 21.2. The molecule has 0 aliphatic rings. The van der Waals surface area contributed by atoms with Crippen molar-refractivity contribution in [2.24, 2.45) is 14.1 Å². The van der Waals surface area contributed by atoms with E-state index in [4.69, 9.17) is 9.97 Å². The number of hydrogen-bond donors (Lipinski definition) is 0. The van der Waals surface area contributed by atoms with Crippen LogP contribution in [0, 0.1) is 0 Å². The lowest BCUT2D eigenvalue weighted by Crippen LogP contribution is -2.14. The molecule has 184 valence electrons. The molecule has 0 atom stereocenters. The first-order valence-corrected chi connectivity index (χ1v) is 12.5. The third-order valence-corrected chi connectivity index (χ3v) is 6.79. The first-order chi connectivity index (χ1) is 18.6. The Morgan fingerprint density at radius 1 is 0.474 bits per heavy atom. The van der Waals surface area contributed by atoms with Gasteiger partial charge in [0.25, 0.3) is 5.78 Å². The summed E-state index contributed by atoms with van der Waals surface area (Å²) in [7, 11) is 3.79. The van der Waals surface area contributed by atoms with E-state index in [1.807, 2.05) is 145 Å². The molecule has 0 bridgehead atoms. The smallest absolute Gasteiger partial charge is 0.263 e. The maximum atomic E-state index is 14.2. The number of nitrogens with zero attached hydrogens (tertiary/aromatic N) is 4. The van der Waals surface area contributed by atoms with E-state index in [2.05, 4.69) is 0 Å². The van der Waals surface area contributed by atoms with E-state index < -0.39 is 0 Å². The van der Waals surface area contributed by atoms with Gasteiger partial charge in [0.05, 0.1) is 22.8 Å². The molecule has 6 aromatic rings. The summed E-state index contributed by atoms with van der Waals surface area (Å²) in [6.07, 6.45) is 0. The fraction of sp³-hybridized carbons (Fsp3) is 0.0606. The highest BCUT2D eigenvalue weighted by Crippen LogP contribution is 2.35. The molecule has 38 heavy (non-hydrogen) atoms. The highest BCUT2D eigenvalue weighted by atomic mass is 16.1. The van der Waals surface area contributed by atoms with Crippen LogP contribution in [0.2, 0.25) is 0 Å². The van der Waals surface area contributed by atoms with Crippen LogP contribution in [0.25, 0.3) is 45.0 Å². The van der Waals surface area contributed by atoms with Gasteiger partial charge in [0.15, 0.2) is 11.6 Å². The Balaban J connectivity index is 1.55. The molecule has 0 N–H and O–H groups in total. The van der Waals surface area contributed by atoms with Gasteiger partial charge in [0, 0.05) is 36.3 Å². The van der Waals surface area contributed by atoms with Gasteiger partial charge in [-0.2, -0.15) is 0 Å². The maximum Gasteiger partial charge on any atom is 0.263 e. The number of benzene rings is 4. The molecule has 0 amide bonds. The summed E-state index contributed by atoms with van der Waals surface area (Å²) in [5.74, 6) is 0.457. The van der Waals surface area contributed by atoms with Crippen LogP contribution in [0.5, 0.6) is 0 Å². The Morgan fingerprint density at radius 3 is 1.08 bits per heavy atom. The Morgan fingerprint density at radius 2 is 0.763 bits per heavy atom. The third-order valence-electron chi connectivity index (χ3n) is 6.79. The summed E-state index contributed by atoms with van der Waals surface area (Å²) in [6, 6.07) is 40.1. The topological polar surface area (TPSA) is 52.7 Å². The van der Waals surface area contributed by atoms with Crippen LogP contribution in [-0.2, 0) is 14.1 Å². The van der Waals surface area contributed by atoms with Crippen molar-refractivity contribution in [1.29, 1.82) is 0 Å². The predicted octanol–water partition coefficient (Wildman–Crippen LogP) is 7.05. The fourth-order valence-electron chi connectivity index (χ4n) is 4.95. The van der Waals surface area contributed by atoms with Gasteiger partial charge < -0.3 is 9.13 Å². The number of hydrogen-bond acceptors (Lipinski definition) is 3. The van der Waals surface area contributed by atoms with Crippen LogP contribution in [0.3, 0.4) is 0 Å². The molecule has 6 rings (SSSR count). The van der Waals surface area contributed by atoms with Gasteiger partial charge in [-0.1, -0.05) is 121 Å². The van der Waals surface area contributed by atoms with E-state index in [1.54, 1.807) is 0 Å². The number of ketones is 1. The summed E-state index contributed by atoms with van der Waals surface area (Å²) in [4.78, 5) is 24.0. The van der Waals surface area contributed by atoms with Crippen molar-refractivity contribution in [3.63, 3.8) is 0 Å². The zero-order chi connectivity index (χ0) is 26.1. The monoisotopic (exact) mass is 494 g/mol. The van der Waals surface area contributed by atoms with Crippen LogP contribution < -0.4 is 0 Å². The molecule has 4 aromatic carbocycles. The predicted molar refractivity (Wildman–Crippen MR) is 152 cm³/mol. The van der Waals surface area contributed by atoms with E-state index in [1.165, 1.54) is 0 Å². The van der Waals surface area contributed by atoms with Gasteiger partial charge in [0.1, 0.15) is 0 Å². The van der Waals surface area contributed by atoms with E-state index in [9.17, 15) is 4.79 Å². The quantitative estimate of drug-likeness (QED) is 0.233. The zero-order valence-corrected chi connectivity index (χ0v) is 21.2. The summed E-state index contributed by atoms with van der Waals surface area (Å²) < 4.78 is 3.78. The average Bonchev–Trinajstić information content (AvgIpc) is 3.51. The molecule has 5 heteroatoms. The minimum Gasteiger partial charge on any atom is -0.324 e. The molecule has 2 aromatic heterocycles. The summed E-state index contributed by atoms with van der Waals surface area (Å²) in [6.45, 7) is 0. The minimum atomic E-state index is -0.228. The Hall–Kier alpha value is -5.03. The fourth-order valence-corrected chi connectivity index (χ4v) is 4.95. The molecule has 0 aliphatic heterocycles. The number of imidazole rings is 2. The van der Waals surface area contributed by atoms with E-state index in [-0.39, 0.29) is 5.78 Å². The largest absolute Gasteiger partial charge is 0.324 e. The van der Waals surface area contributed by atoms with Gasteiger partial charge in [0.2, 0.25) is 0 Å². The second kappa shape index (κ2) is 9.79. The third kappa shape index (κ3) is 4.04. The Bertz CT molecular complexity index is 1590. The normalized spacial score (nSPS) is 11.0. The number of aromatic nitrogens is 4. The molecule has 2 heterocycles. The van der Waals surface area contributed by atoms with Crippen LogP contribution in [0.1, 0.15) is 16.4 Å². The molecule has 0 unspecified atom stereocenters. The van der Waals surface area contributed by atoms with Crippen LogP contribution >= 0.6 is 0 Å². The lowest BCUT2D eigenvalue weighted by atomic mass is 10.1. The summed E-state index contributed by atoms with van der Waals surface area (Å²) >= 11 is 0. The van der Waals surface area contributed by atoms with E-state index in [0.29, 0.717) is 11.6 Å². The Labute approximate surface area is 221 Å². The van der Waals surface area contributed by atoms with Crippen LogP contribution in [0.4, 0.5) is 0 Å². The van der Waals surface area contributed by atoms with E-state index >= 15 is 0 Å². The first kappa shape index (κ1) is 23.4. The molecule has 0 saturated heterocycles. The molecule has 0 fully saturated rings. The number of carbonyl (C=O) groups is 1. The molecular formula is C33H26N4O. The van der Waals surface area contributed by atoms with Crippen LogP contribution in [0.15, 0.2) is 121 Å². The molecule has 0 radical (unpaired) electrons. The second-order valence-electron chi connectivity index (χ2n) is 9.18. The van der Waals surface area contributed by atoms with Crippen molar-refractivity contribution in [2.75, 3.05) is 0 Å². The first-order valence-electron chi connectivity index (χ1n) is 12.5. The highest BCUT2D eigenvalue weighted by molar-refractivity contribution is 6.07. The number of carbonyl (C=O) groups excluding carboxylic acids is 1. The maximum absolute atomic E-state index is 14.2. The Kier molecular flexibility index (Phi) is 6.02. The van der Waals surface area contributed by atoms with Gasteiger partial charge in [-0.05, 0) is 0 Å². The number of rotatable bonds is 6. The summed E-state index contributed by atoms with van der Waals surface area (Å²) in [5, 5.41) is 0.